The van der Waals surface area contributed by atoms with Crippen molar-refractivity contribution in [1.82, 2.24) is 10.2 Å². The molecule has 2 amide bonds. The zero-order valence-electron chi connectivity index (χ0n) is 16.5. The quantitative estimate of drug-likeness (QED) is 0.191. The first-order chi connectivity index (χ1) is 13.8. The van der Waals surface area contributed by atoms with E-state index in [1.54, 1.807) is 24.0 Å². The van der Waals surface area contributed by atoms with Crippen LogP contribution in [0.25, 0.3) is 0 Å². The van der Waals surface area contributed by atoms with Gasteiger partial charge in [-0.05, 0) is 31.9 Å². The van der Waals surface area contributed by atoms with E-state index in [1.165, 1.54) is 19.2 Å². The van der Waals surface area contributed by atoms with Gasteiger partial charge in [0.2, 0.25) is 5.91 Å². The average Bonchev–Trinajstić information content (AvgIpc) is 2.76. The minimum atomic E-state index is -0.696. The van der Waals surface area contributed by atoms with Crippen LogP contribution in [-0.2, 0) is 19.1 Å². The van der Waals surface area contributed by atoms with Crippen molar-refractivity contribution < 1.29 is 29.1 Å². The van der Waals surface area contributed by atoms with Gasteiger partial charge < -0.3 is 30.6 Å². The molecular weight excluding hydrogens is 380 g/mol. The van der Waals surface area contributed by atoms with Gasteiger partial charge in [0.15, 0.2) is 5.84 Å². The summed E-state index contributed by atoms with van der Waals surface area (Å²) in [7, 11) is 1.30. The molecule has 0 bridgehead atoms. The summed E-state index contributed by atoms with van der Waals surface area (Å²) in [4.78, 5) is 37.8. The number of carbonyl (C=O) groups excluding carboxylic acids is 3. The lowest BCUT2D eigenvalue weighted by Crippen LogP contribution is -2.50. The second-order valence-electron chi connectivity index (χ2n) is 6.67. The van der Waals surface area contributed by atoms with E-state index in [0.29, 0.717) is 37.1 Å². The Labute approximate surface area is 168 Å². The molecule has 0 saturated carbocycles. The summed E-state index contributed by atoms with van der Waals surface area (Å²) in [6.45, 7) is 2.50. The number of benzene rings is 1. The molecule has 0 radical (unpaired) electrons. The van der Waals surface area contributed by atoms with E-state index >= 15 is 0 Å². The number of hydrogen-bond donors (Lipinski definition) is 3. The molecule has 1 aromatic rings. The summed E-state index contributed by atoms with van der Waals surface area (Å²) in [5.74, 6) is -1.06. The van der Waals surface area contributed by atoms with E-state index in [0.717, 1.165) is 0 Å². The second kappa shape index (κ2) is 10.4. The molecule has 1 aliphatic heterocycles. The molecule has 10 nitrogen and oxygen atoms in total. The lowest BCUT2D eigenvalue weighted by atomic mass is 10.1. The van der Waals surface area contributed by atoms with Crippen molar-refractivity contribution in [3.8, 4) is 0 Å². The van der Waals surface area contributed by atoms with Crippen molar-refractivity contribution in [2.45, 2.75) is 31.9 Å². The van der Waals surface area contributed by atoms with Gasteiger partial charge in [-0.15, -0.1) is 0 Å². The first-order valence-electron chi connectivity index (χ1n) is 9.21. The average molecular weight is 406 g/mol. The number of oxime groups is 1. The number of nitrogens with zero attached hydrogens (tertiary/aromatic N) is 2. The predicted molar refractivity (Wildman–Crippen MR) is 103 cm³/mol. The molecule has 0 spiro atoms. The highest BCUT2D eigenvalue weighted by Crippen LogP contribution is 2.15. The van der Waals surface area contributed by atoms with Crippen molar-refractivity contribution in [2.75, 3.05) is 26.8 Å². The number of piperidine rings is 1. The number of nitrogens with two attached hydrogens (primary N) is 1. The molecule has 158 valence electrons. The summed E-state index contributed by atoms with van der Waals surface area (Å²) in [5.41, 5.74) is 6.32. The Morgan fingerprint density at radius 1 is 1.24 bits per heavy atom. The maximum absolute atomic E-state index is 12.6. The van der Waals surface area contributed by atoms with Crippen LogP contribution < -0.4 is 11.1 Å². The Hall–Kier alpha value is -3.14. The van der Waals surface area contributed by atoms with Crippen molar-refractivity contribution in [3.63, 3.8) is 0 Å². The molecule has 29 heavy (non-hydrogen) atoms. The monoisotopic (exact) mass is 406 g/mol. The van der Waals surface area contributed by atoms with Gasteiger partial charge in [0.1, 0.15) is 12.6 Å². The van der Waals surface area contributed by atoms with Crippen LogP contribution >= 0.6 is 0 Å². The highest BCUT2D eigenvalue weighted by Gasteiger charge is 2.27. The van der Waals surface area contributed by atoms with Crippen molar-refractivity contribution in [3.05, 3.63) is 35.4 Å². The van der Waals surface area contributed by atoms with E-state index in [-0.39, 0.29) is 24.5 Å². The summed E-state index contributed by atoms with van der Waals surface area (Å²) in [6.07, 6.45) is 1.12. The van der Waals surface area contributed by atoms with Crippen LogP contribution in [0.3, 0.4) is 0 Å². The maximum atomic E-state index is 12.6. The van der Waals surface area contributed by atoms with E-state index in [2.05, 4.69) is 15.2 Å². The first-order valence-corrected chi connectivity index (χ1v) is 9.21. The number of ether oxygens (including phenoxy) is 2. The largest absolute Gasteiger partial charge is 0.467 e. The first kappa shape index (κ1) is 22.2. The number of amidine groups is 1. The summed E-state index contributed by atoms with van der Waals surface area (Å²) >= 11 is 0. The fraction of sp³-hybridized carbons (Fsp3) is 0.474. The van der Waals surface area contributed by atoms with Crippen LogP contribution in [-0.4, -0.2) is 72.7 Å². The number of esters is 1. The van der Waals surface area contributed by atoms with Gasteiger partial charge in [0, 0.05) is 24.2 Å². The molecule has 4 N–H and O–H groups in total. The van der Waals surface area contributed by atoms with Crippen LogP contribution in [0.1, 0.15) is 35.7 Å². The van der Waals surface area contributed by atoms with Crippen LogP contribution in [0.15, 0.2) is 29.4 Å². The van der Waals surface area contributed by atoms with Crippen LogP contribution in [0, 0.1) is 0 Å². The number of methoxy groups -OCH3 is 1. The molecule has 1 aromatic carbocycles. The highest BCUT2D eigenvalue weighted by molar-refractivity contribution is 6.00. The molecule has 1 atom stereocenters. The standard InChI is InChI=1S/C19H26N4O6/c1-12(21-18(25)14-5-3-13(4-6-14)17(20)22-27)19(26)23-9-7-15(8-10-23)29-11-16(24)28-2/h3-6,12,15,27H,7-11H2,1-2H3,(H2,20,22)(H,21,25). The predicted octanol–water partition coefficient (Wildman–Crippen LogP) is 0.0800. The minimum absolute atomic E-state index is 0.0560. The van der Waals surface area contributed by atoms with Crippen LogP contribution in [0.2, 0.25) is 0 Å². The number of nitrogens with one attached hydrogen (secondary N) is 1. The SMILES string of the molecule is COC(=O)COC1CCN(C(=O)C(C)NC(=O)c2ccc(/C(N)=N/O)cc2)CC1. The third kappa shape index (κ3) is 6.18. The minimum Gasteiger partial charge on any atom is -0.467 e. The normalized spacial score (nSPS) is 16.2. The van der Waals surface area contributed by atoms with Gasteiger partial charge in [0.05, 0.1) is 13.2 Å². The van der Waals surface area contributed by atoms with Crippen molar-refractivity contribution in [1.29, 1.82) is 0 Å². The molecule has 10 heteroatoms. The fourth-order valence-electron chi connectivity index (χ4n) is 2.95. The Morgan fingerprint density at radius 2 is 1.83 bits per heavy atom. The Morgan fingerprint density at radius 3 is 2.38 bits per heavy atom. The Kier molecular flexibility index (Phi) is 7.96. The zero-order valence-corrected chi connectivity index (χ0v) is 16.5. The lowest BCUT2D eigenvalue weighted by molar-refractivity contribution is -0.150. The molecule has 1 aliphatic rings. The number of hydrogen-bond acceptors (Lipinski definition) is 7. The summed E-state index contributed by atoms with van der Waals surface area (Å²) in [6, 6.07) is 5.47. The fourth-order valence-corrected chi connectivity index (χ4v) is 2.95. The van der Waals surface area contributed by atoms with Crippen LogP contribution in [0.5, 0.6) is 0 Å². The molecule has 0 aliphatic carbocycles. The smallest absolute Gasteiger partial charge is 0.331 e. The number of carbonyl (C=O) groups is 3. The molecule has 1 heterocycles. The summed E-state index contributed by atoms with van der Waals surface area (Å²) < 4.78 is 10.0. The van der Waals surface area contributed by atoms with Crippen LogP contribution in [0.4, 0.5) is 0 Å². The topological polar surface area (TPSA) is 144 Å². The third-order valence-corrected chi connectivity index (χ3v) is 4.69. The molecule has 1 saturated heterocycles. The van der Waals surface area contributed by atoms with E-state index in [9.17, 15) is 14.4 Å². The second-order valence-corrected chi connectivity index (χ2v) is 6.67. The number of rotatable bonds is 7. The van der Waals surface area contributed by atoms with Gasteiger partial charge in [-0.3, -0.25) is 9.59 Å². The van der Waals surface area contributed by atoms with Gasteiger partial charge in [-0.25, -0.2) is 4.79 Å². The van der Waals surface area contributed by atoms with E-state index in [1.807, 2.05) is 0 Å². The maximum Gasteiger partial charge on any atom is 0.331 e. The molecule has 1 unspecified atom stereocenters. The molecule has 2 rings (SSSR count). The Bertz CT molecular complexity index is 756. The van der Waals surface area contributed by atoms with E-state index in [4.69, 9.17) is 15.7 Å². The third-order valence-electron chi connectivity index (χ3n) is 4.69. The summed E-state index contributed by atoms with van der Waals surface area (Å²) in [5, 5.41) is 14.2. The number of amides is 2. The van der Waals surface area contributed by atoms with Gasteiger partial charge in [-0.1, -0.05) is 17.3 Å². The van der Waals surface area contributed by atoms with Crippen molar-refractivity contribution in [2.24, 2.45) is 10.9 Å². The highest BCUT2D eigenvalue weighted by atomic mass is 16.6. The van der Waals surface area contributed by atoms with E-state index < -0.39 is 17.9 Å². The molecular formula is C19H26N4O6. The van der Waals surface area contributed by atoms with Gasteiger partial charge in [0.25, 0.3) is 5.91 Å². The zero-order chi connectivity index (χ0) is 21.4. The molecule has 0 aromatic heterocycles. The number of likely N-dealkylation sites (tertiary alicyclic amines) is 1. The van der Waals surface area contributed by atoms with Gasteiger partial charge in [-0.2, -0.15) is 0 Å². The molecule has 1 fully saturated rings. The van der Waals surface area contributed by atoms with Gasteiger partial charge >= 0.3 is 5.97 Å². The Balaban J connectivity index is 1.83. The lowest BCUT2D eigenvalue weighted by Gasteiger charge is -2.33. The van der Waals surface area contributed by atoms with Crippen molar-refractivity contribution >= 4 is 23.6 Å².